The summed E-state index contributed by atoms with van der Waals surface area (Å²) in [6.45, 7) is 7.68. The van der Waals surface area contributed by atoms with Crippen molar-refractivity contribution in [3.63, 3.8) is 0 Å². The summed E-state index contributed by atoms with van der Waals surface area (Å²) in [5, 5.41) is 0. The number of pyridine rings is 1. The Morgan fingerprint density at radius 3 is 2.35 bits per heavy atom. The standard InChI is InChI=1S/C19H22BrF2N3O/c1-11(2)25(5)10-23-18-9-17(20)19(24-12(18)3)26-13(4)14-6-15(21)8-16(22)7-14/h6-11,13H,1-5H3. The summed E-state index contributed by atoms with van der Waals surface area (Å²) < 4.78 is 33.2. The van der Waals surface area contributed by atoms with Crippen molar-refractivity contribution in [2.24, 2.45) is 4.99 Å². The average Bonchev–Trinajstić information content (AvgIpc) is 2.55. The van der Waals surface area contributed by atoms with Crippen molar-refractivity contribution in [1.29, 1.82) is 0 Å². The molecule has 0 bridgehead atoms. The van der Waals surface area contributed by atoms with E-state index in [0.29, 0.717) is 33.3 Å². The molecule has 0 saturated carbocycles. The maximum absolute atomic E-state index is 13.4. The van der Waals surface area contributed by atoms with Gasteiger partial charge < -0.3 is 9.64 Å². The highest BCUT2D eigenvalue weighted by molar-refractivity contribution is 9.10. The minimum Gasteiger partial charge on any atom is -0.469 e. The summed E-state index contributed by atoms with van der Waals surface area (Å²) in [5.41, 5.74) is 1.80. The first-order valence-electron chi connectivity index (χ1n) is 8.23. The van der Waals surface area contributed by atoms with Gasteiger partial charge in [0.15, 0.2) is 0 Å². The van der Waals surface area contributed by atoms with Crippen LogP contribution in [0, 0.1) is 18.6 Å². The normalized spacial score (nSPS) is 12.7. The SMILES string of the molecule is Cc1nc(OC(C)c2cc(F)cc(F)c2)c(Br)cc1N=CN(C)C(C)C. The highest BCUT2D eigenvalue weighted by Gasteiger charge is 2.15. The molecule has 1 aromatic heterocycles. The summed E-state index contributed by atoms with van der Waals surface area (Å²) >= 11 is 3.42. The first kappa shape index (κ1) is 20.3. The van der Waals surface area contributed by atoms with Gasteiger partial charge in [0.1, 0.15) is 17.7 Å². The molecule has 140 valence electrons. The van der Waals surface area contributed by atoms with Crippen molar-refractivity contribution in [3.8, 4) is 5.88 Å². The van der Waals surface area contributed by atoms with Gasteiger partial charge in [-0.1, -0.05) is 0 Å². The molecule has 26 heavy (non-hydrogen) atoms. The van der Waals surface area contributed by atoms with E-state index in [0.717, 1.165) is 6.07 Å². The molecule has 1 unspecified atom stereocenters. The third-order valence-electron chi connectivity index (χ3n) is 3.94. The van der Waals surface area contributed by atoms with Crippen LogP contribution in [-0.4, -0.2) is 29.3 Å². The van der Waals surface area contributed by atoms with E-state index in [-0.39, 0.29) is 0 Å². The number of rotatable bonds is 6. The average molecular weight is 426 g/mol. The Kier molecular flexibility index (Phi) is 6.69. The largest absolute Gasteiger partial charge is 0.469 e. The Balaban J connectivity index is 2.21. The minimum atomic E-state index is -0.641. The first-order chi connectivity index (χ1) is 12.2. The van der Waals surface area contributed by atoms with Crippen LogP contribution in [-0.2, 0) is 0 Å². The molecule has 0 aliphatic heterocycles. The summed E-state index contributed by atoms with van der Waals surface area (Å²) in [4.78, 5) is 10.8. The Bertz CT molecular complexity index is 791. The quantitative estimate of drug-likeness (QED) is 0.448. The fourth-order valence-corrected chi connectivity index (χ4v) is 2.49. The van der Waals surface area contributed by atoms with E-state index in [1.165, 1.54) is 12.1 Å². The topological polar surface area (TPSA) is 37.7 Å². The van der Waals surface area contributed by atoms with Crippen molar-refractivity contribution in [1.82, 2.24) is 9.88 Å². The van der Waals surface area contributed by atoms with Gasteiger partial charge in [-0.25, -0.2) is 18.8 Å². The lowest BCUT2D eigenvalue weighted by Crippen LogP contribution is -2.24. The second-order valence-corrected chi connectivity index (χ2v) is 7.20. The molecule has 0 spiro atoms. The number of ether oxygens (including phenoxy) is 1. The van der Waals surface area contributed by atoms with Crippen LogP contribution in [0.3, 0.4) is 0 Å². The molecule has 1 atom stereocenters. The Morgan fingerprint density at radius 1 is 1.15 bits per heavy atom. The fraction of sp³-hybridized carbons (Fsp3) is 0.368. The lowest BCUT2D eigenvalue weighted by atomic mass is 10.1. The summed E-state index contributed by atoms with van der Waals surface area (Å²) in [7, 11) is 1.95. The van der Waals surface area contributed by atoms with Crippen LogP contribution in [0.15, 0.2) is 33.7 Å². The third kappa shape index (κ3) is 5.24. The van der Waals surface area contributed by atoms with Crippen LogP contribution in [0.25, 0.3) is 0 Å². The van der Waals surface area contributed by atoms with Gasteiger partial charge >= 0.3 is 0 Å². The first-order valence-corrected chi connectivity index (χ1v) is 9.02. The van der Waals surface area contributed by atoms with E-state index in [9.17, 15) is 8.78 Å². The number of aromatic nitrogens is 1. The number of hydrogen-bond acceptors (Lipinski definition) is 3. The second kappa shape index (κ2) is 8.58. The molecule has 0 fully saturated rings. The molecule has 7 heteroatoms. The number of aryl methyl sites for hydroxylation is 1. The van der Waals surface area contributed by atoms with E-state index < -0.39 is 17.7 Å². The van der Waals surface area contributed by atoms with Crippen LogP contribution in [0.5, 0.6) is 5.88 Å². The molecule has 2 aromatic rings. The molecule has 0 saturated heterocycles. The van der Waals surface area contributed by atoms with Gasteiger partial charge in [0.2, 0.25) is 5.88 Å². The lowest BCUT2D eigenvalue weighted by Gasteiger charge is -2.18. The molecule has 0 aliphatic carbocycles. The maximum atomic E-state index is 13.4. The van der Waals surface area contributed by atoms with Gasteiger partial charge in [0, 0.05) is 19.2 Å². The number of halogens is 3. The lowest BCUT2D eigenvalue weighted by molar-refractivity contribution is 0.214. The monoisotopic (exact) mass is 425 g/mol. The third-order valence-corrected chi connectivity index (χ3v) is 4.51. The van der Waals surface area contributed by atoms with E-state index >= 15 is 0 Å². The maximum Gasteiger partial charge on any atom is 0.228 e. The van der Waals surface area contributed by atoms with Gasteiger partial charge in [-0.05, 0) is 67.4 Å². The van der Waals surface area contributed by atoms with Crippen molar-refractivity contribution in [2.75, 3.05) is 7.05 Å². The highest BCUT2D eigenvalue weighted by atomic mass is 79.9. The molecule has 0 N–H and O–H groups in total. The predicted molar refractivity (Wildman–Crippen MR) is 103 cm³/mol. The fourth-order valence-electron chi connectivity index (χ4n) is 2.09. The number of hydrogen-bond donors (Lipinski definition) is 0. The van der Waals surface area contributed by atoms with Crippen molar-refractivity contribution >= 4 is 28.0 Å². The molecule has 2 rings (SSSR count). The molecule has 0 amide bonds. The zero-order valence-corrected chi connectivity index (χ0v) is 17.0. The Hall–Kier alpha value is -2.02. The Labute approximate surface area is 161 Å². The van der Waals surface area contributed by atoms with Gasteiger partial charge in [0.05, 0.1) is 22.2 Å². The highest BCUT2D eigenvalue weighted by Crippen LogP contribution is 2.32. The van der Waals surface area contributed by atoms with Gasteiger partial charge in [-0.15, -0.1) is 0 Å². The van der Waals surface area contributed by atoms with Crippen LogP contribution < -0.4 is 4.74 Å². The van der Waals surface area contributed by atoms with E-state index in [2.05, 4.69) is 39.8 Å². The molecule has 4 nitrogen and oxygen atoms in total. The van der Waals surface area contributed by atoms with Crippen LogP contribution >= 0.6 is 15.9 Å². The molecule has 1 heterocycles. The van der Waals surface area contributed by atoms with Gasteiger partial charge in [-0.3, -0.25) is 0 Å². The summed E-state index contributed by atoms with van der Waals surface area (Å²) in [6, 6.07) is 5.46. The summed E-state index contributed by atoms with van der Waals surface area (Å²) in [6.07, 6.45) is 1.18. The van der Waals surface area contributed by atoms with E-state index in [4.69, 9.17) is 4.74 Å². The smallest absolute Gasteiger partial charge is 0.228 e. The molecule has 1 aromatic carbocycles. The zero-order valence-electron chi connectivity index (χ0n) is 15.4. The number of nitrogens with zero attached hydrogens (tertiary/aromatic N) is 3. The van der Waals surface area contributed by atoms with Crippen molar-refractivity contribution in [3.05, 3.63) is 51.6 Å². The molecular weight excluding hydrogens is 404 g/mol. The number of benzene rings is 1. The predicted octanol–water partition coefficient (Wildman–Crippen LogP) is 5.57. The van der Waals surface area contributed by atoms with Gasteiger partial charge in [-0.2, -0.15) is 0 Å². The minimum absolute atomic E-state index is 0.338. The summed E-state index contributed by atoms with van der Waals surface area (Å²) in [5.74, 6) is -0.939. The van der Waals surface area contributed by atoms with E-state index in [1.54, 1.807) is 19.3 Å². The van der Waals surface area contributed by atoms with E-state index in [1.807, 2.05) is 18.9 Å². The van der Waals surface area contributed by atoms with Crippen molar-refractivity contribution < 1.29 is 13.5 Å². The Morgan fingerprint density at radius 2 is 1.77 bits per heavy atom. The zero-order chi connectivity index (χ0) is 19.4. The molecule has 0 radical (unpaired) electrons. The molecular formula is C19H22BrF2N3O. The van der Waals surface area contributed by atoms with Gasteiger partial charge in [0.25, 0.3) is 0 Å². The van der Waals surface area contributed by atoms with Crippen LogP contribution in [0.2, 0.25) is 0 Å². The number of aliphatic imine (C=N–C) groups is 1. The van der Waals surface area contributed by atoms with Crippen LogP contribution in [0.1, 0.15) is 38.1 Å². The van der Waals surface area contributed by atoms with Crippen LogP contribution in [0.4, 0.5) is 14.5 Å². The van der Waals surface area contributed by atoms with Crippen molar-refractivity contribution in [2.45, 2.75) is 39.8 Å². The second-order valence-electron chi connectivity index (χ2n) is 6.35. The molecule has 0 aliphatic rings.